The van der Waals surface area contributed by atoms with Gasteiger partial charge in [-0.1, -0.05) is 0 Å². The minimum absolute atomic E-state index is 0.458. The minimum atomic E-state index is -1.13. The van der Waals surface area contributed by atoms with Crippen LogP contribution in [-0.2, 0) is 9.90 Å². The Hall–Kier alpha value is -0.570. The van der Waals surface area contributed by atoms with Crippen molar-refractivity contribution in [3.63, 3.8) is 0 Å². The summed E-state index contributed by atoms with van der Waals surface area (Å²) in [4.78, 5) is 10.1. The molecule has 0 saturated carbocycles. The average molecular weight is 102 g/mol. The Morgan fingerprint density at radius 3 is 2.14 bits per heavy atom. The fraction of sp³-hybridized carbons (Fsp3) is 0.750. The second-order valence-electron chi connectivity index (χ2n) is 1.26. The normalized spacial score (nSPS) is 13.0. The van der Waals surface area contributed by atoms with Crippen LogP contribution in [0, 0.1) is 0 Å². The molecule has 0 aliphatic carbocycles. The van der Waals surface area contributed by atoms with Crippen LogP contribution in [0.4, 0.5) is 0 Å². The van der Waals surface area contributed by atoms with Crippen molar-refractivity contribution in [1.29, 1.82) is 0 Å². The fourth-order valence-corrected chi connectivity index (χ4v) is 0.203. The molecule has 3 nitrogen and oxygen atoms in total. The molecule has 0 aromatic heterocycles. The second kappa shape index (κ2) is 2.58. The van der Waals surface area contributed by atoms with Gasteiger partial charge in [0, 0.05) is 7.05 Å². The van der Waals surface area contributed by atoms with Gasteiger partial charge in [0.25, 0.3) is 5.91 Å². The topological polar surface area (TPSA) is 49.0 Å². The van der Waals surface area contributed by atoms with E-state index in [1.807, 2.05) is 0 Å². The summed E-state index contributed by atoms with van der Waals surface area (Å²) in [6.45, 7) is 1.30. The molecule has 0 aromatic carbocycles. The number of hydrogen-bond donors (Lipinski definition) is 1. The van der Waals surface area contributed by atoms with Gasteiger partial charge in [0.1, 0.15) is 0 Å². The van der Waals surface area contributed by atoms with Crippen LogP contribution < -0.4 is 5.32 Å². The first-order valence-electron chi connectivity index (χ1n) is 2.06. The van der Waals surface area contributed by atoms with Crippen LogP contribution in [0.3, 0.4) is 0 Å². The van der Waals surface area contributed by atoms with Gasteiger partial charge in [-0.15, -0.1) is 0 Å². The number of carbonyl (C=O) groups excluding carboxylic acids is 1. The van der Waals surface area contributed by atoms with Crippen molar-refractivity contribution in [2.45, 2.75) is 13.0 Å². The Labute approximate surface area is 42.3 Å². The van der Waals surface area contributed by atoms with Gasteiger partial charge in [-0.3, -0.25) is 4.79 Å². The van der Waals surface area contributed by atoms with Gasteiger partial charge >= 0.3 is 0 Å². The lowest BCUT2D eigenvalue weighted by molar-refractivity contribution is -0.130. The van der Waals surface area contributed by atoms with Crippen molar-refractivity contribution < 1.29 is 9.90 Å². The minimum Gasteiger partial charge on any atom is -0.357 e. The van der Waals surface area contributed by atoms with Gasteiger partial charge in [0.2, 0.25) is 0 Å². The predicted octanol–water partition coefficient (Wildman–Crippen LogP) is -0.449. The van der Waals surface area contributed by atoms with Gasteiger partial charge in [-0.2, -0.15) is 0 Å². The molecule has 1 N–H and O–H groups in total. The Kier molecular flexibility index (Phi) is 2.37. The van der Waals surface area contributed by atoms with E-state index in [4.69, 9.17) is 0 Å². The van der Waals surface area contributed by atoms with E-state index in [0.717, 1.165) is 0 Å². The summed E-state index contributed by atoms with van der Waals surface area (Å²) in [6, 6.07) is 0. The molecule has 7 heavy (non-hydrogen) atoms. The van der Waals surface area contributed by atoms with E-state index in [-0.39, 0.29) is 0 Å². The molecule has 0 bridgehead atoms. The molecule has 0 rings (SSSR count). The Morgan fingerprint density at radius 1 is 1.71 bits per heavy atom. The molecule has 1 amide bonds. The van der Waals surface area contributed by atoms with E-state index in [1.165, 1.54) is 14.0 Å². The van der Waals surface area contributed by atoms with Crippen molar-refractivity contribution in [2.24, 2.45) is 0 Å². The Balaban J connectivity index is 3.35. The van der Waals surface area contributed by atoms with E-state index in [0.29, 0.717) is 0 Å². The maximum atomic E-state index is 10.1. The maximum absolute atomic E-state index is 10.1. The summed E-state index contributed by atoms with van der Waals surface area (Å²) in [6.07, 6.45) is -1.13. The van der Waals surface area contributed by atoms with Crippen LogP contribution in [0.25, 0.3) is 0 Å². The highest BCUT2D eigenvalue weighted by Crippen LogP contribution is 1.75. The van der Waals surface area contributed by atoms with E-state index < -0.39 is 12.0 Å². The van der Waals surface area contributed by atoms with Crippen molar-refractivity contribution >= 4 is 5.91 Å². The smallest absolute Gasteiger partial charge is 0.251 e. The van der Waals surface area contributed by atoms with Crippen LogP contribution in [0.1, 0.15) is 6.92 Å². The third-order valence-corrected chi connectivity index (χ3v) is 0.616. The zero-order chi connectivity index (χ0) is 5.86. The fourth-order valence-electron chi connectivity index (χ4n) is 0.203. The van der Waals surface area contributed by atoms with Crippen molar-refractivity contribution in [3.05, 3.63) is 0 Å². The molecule has 0 aliphatic rings. The molecule has 0 fully saturated rings. The maximum Gasteiger partial charge on any atom is 0.251 e. The standard InChI is InChI=1S/C4H8NO2/c1-3(6)4(7)5-2/h3H,1-2H3,(H,5,7)/t3-/m1/s1. The summed E-state index contributed by atoms with van der Waals surface area (Å²) in [5, 5.41) is 12.3. The van der Waals surface area contributed by atoms with Crippen LogP contribution >= 0.6 is 0 Å². The summed E-state index contributed by atoms with van der Waals surface area (Å²) in [5.41, 5.74) is 0. The predicted molar refractivity (Wildman–Crippen MR) is 24.2 cm³/mol. The first-order valence-corrected chi connectivity index (χ1v) is 2.06. The van der Waals surface area contributed by atoms with Gasteiger partial charge < -0.3 is 5.32 Å². The molecular formula is C4H8NO2. The molecule has 0 spiro atoms. The first kappa shape index (κ1) is 6.43. The van der Waals surface area contributed by atoms with Crippen molar-refractivity contribution in [2.75, 3.05) is 7.05 Å². The highest BCUT2D eigenvalue weighted by molar-refractivity contribution is 5.79. The first-order chi connectivity index (χ1) is 3.18. The Bertz CT molecular complexity index is 70.1. The zero-order valence-corrected chi connectivity index (χ0v) is 4.39. The monoisotopic (exact) mass is 102 g/mol. The van der Waals surface area contributed by atoms with Gasteiger partial charge in [-0.05, 0) is 6.92 Å². The summed E-state index contributed by atoms with van der Waals surface area (Å²) in [5.74, 6) is -0.458. The molecule has 1 atom stereocenters. The molecule has 0 aromatic rings. The number of likely N-dealkylation sites (N-methyl/N-ethyl adjacent to an activating group) is 1. The van der Waals surface area contributed by atoms with Crippen LogP contribution in [-0.4, -0.2) is 19.1 Å². The third kappa shape index (κ3) is 2.17. The lowest BCUT2D eigenvalue weighted by Crippen LogP contribution is -2.27. The molecule has 0 unspecified atom stereocenters. The second-order valence-corrected chi connectivity index (χ2v) is 1.26. The SMILES string of the molecule is CNC(=O)[C@@H](C)[O]. The van der Waals surface area contributed by atoms with Crippen LogP contribution in [0.15, 0.2) is 0 Å². The number of carbonyl (C=O) groups is 1. The summed E-state index contributed by atoms with van der Waals surface area (Å²) < 4.78 is 0. The third-order valence-electron chi connectivity index (χ3n) is 0.616. The molecule has 0 aliphatic heterocycles. The lowest BCUT2D eigenvalue weighted by atomic mass is 10.4. The highest BCUT2D eigenvalue weighted by atomic mass is 16.3. The molecule has 41 valence electrons. The number of hydrogen-bond acceptors (Lipinski definition) is 1. The molecule has 0 saturated heterocycles. The van der Waals surface area contributed by atoms with Gasteiger partial charge in [0.05, 0.1) is 0 Å². The van der Waals surface area contributed by atoms with Crippen LogP contribution in [0.5, 0.6) is 0 Å². The quantitative estimate of drug-likeness (QED) is 0.479. The van der Waals surface area contributed by atoms with E-state index >= 15 is 0 Å². The average Bonchev–Trinajstić information content (AvgIpc) is 1.65. The van der Waals surface area contributed by atoms with Gasteiger partial charge in [0.15, 0.2) is 6.10 Å². The largest absolute Gasteiger partial charge is 0.357 e. The zero-order valence-electron chi connectivity index (χ0n) is 4.39. The Morgan fingerprint density at radius 2 is 2.14 bits per heavy atom. The van der Waals surface area contributed by atoms with Crippen LogP contribution in [0.2, 0.25) is 0 Å². The molecule has 1 radical (unpaired) electrons. The summed E-state index contributed by atoms with van der Waals surface area (Å²) in [7, 11) is 1.44. The summed E-state index contributed by atoms with van der Waals surface area (Å²) >= 11 is 0. The van der Waals surface area contributed by atoms with E-state index in [1.54, 1.807) is 0 Å². The van der Waals surface area contributed by atoms with Gasteiger partial charge in [-0.25, -0.2) is 5.11 Å². The van der Waals surface area contributed by atoms with Crippen molar-refractivity contribution in [3.8, 4) is 0 Å². The molecule has 3 heteroatoms. The number of amides is 1. The number of nitrogens with one attached hydrogen (secondary N) is 1. The molecular weight excluding hydrogens is 94.0 g/mol. The highest BCUT2D eigenvalue weighted by Gasteiger charge is 2.05. The number of rotatable bonds is 1. The van der Waals surface area contributed by atoms with Crippen molar-refractivity contribution in [1.82, 2.24) is 5.32 Å². The lowest BCUT2D eigenvalue weighted by Gasteiger charge is -1.95. The van der Waals surface area contributed by atoms with E-state index in [2.05, 4.69) is 5.32 Å². The molecule has 0 heterocycles. The van der Waals surface area contributed by atoms with E-state index in [9.17, 15) is 9.90 Å².